The standard InChI is InChI=1S/C40H50F2N4O5/c1-27-16-30(21-31(17-27)38(48)45-13-9-12-35(45)26-50-5)37(47)43-34(20-29-18-32(41)22-33(42)19-29)23-36-25-44(24-28-10-7-6-8-11-28)14-15-46(36)39(49)51-40(2,3)4/h6-8,10-11,16-19,21-22,34-36H,9,12-15,20,23-26H2,1-5H3,(H,43,47)/t34-,35+,36-/m0/s1. The van der Waals surface area contributed by atoms with Gasteiger partial charge in [-0.25, -0.2) is 13.6 Å². The number of likely N-dealkylation sites (tertiary alicyclic amines) is 1. The Bertz CT molecular complexity index is 1660. The molecular weight excluding hydrogens is 654 g/mol. The number of piperazine rings is 1. The number of benzene rings is 3. The molecule has 1 N–H and O–H groups in total. The van der Waals surface area contributed by atoms with Gasteiger partial charge in [0, 0.05) is 69.1 Å². The first-order chi connectivity index (χ1) is 24.3. The SMILES string of the molecule is COC[C@H]1CCCN1C(=O)c1cc(C)cc(C(=O)N[C@@H](Cc2cc(F)cc(F)c2)C[C@H]2CN(Cc3ccccc3)CCN2C(=O)OC(C)(C)C)c1. The first kappa shape index (κ1) is 37.9. The summed E-state index contributed by atoms with van der Waals surface area (Å²) < 4.78 is 39.9. The van der Waals surface area contributed by atoms with Crippen LogP contribution >= 0.6 is 0 Å². The lowest BCUT2D eigenvalue weighted by Crippen LogP contribution is -2.57. The van der Waals surface area contributed by atoms with Crippen LogP contribution < -0.4 is 5.32 Å². The number of carbonyl (C=O) groups is 3. The molecule has 2 heterocycles. The summed E-state index contributed by atoms with van der Waals surface area (Å²) >= 11 is 0. The Kier molecular flexibility index (Phi) is 12.5. The zero-order valence-electron chi connectivity index (χ0n) is 30.3. The third-order valence-corrected chi connectivity index (χ3v) is 9.32. The van der Waals surface area contributed by atoms with Gasteiger partial charge in [-0.1, -0.05) is 30.3 Å². The van der Waals surface area contributed by atoms with Crippen molar-refractivity contribution in [3.05, 3.63) is 106 Å². The molecule has 11 heteroatoms. The van der Waals surface area contributed by atoms with Crippen molar-refractivity contribution in [2.75, 3.05) is 39.9 Å². The lowest BCUT2D eigenvalue weighted by atomic mass is 9.96. The molecule has 0 aliphatic carbocycles. The van der Waals surface area contributed by atoms with E-state index in [2.05, 4.69) is 22.3 Å². The van der Waals surface area contributed by atoms with Crippen LogP contribution in [0.2, 0.25) is 0 Å². The van der Waals surface area contributed by atoms with Crippen molar-refractivity contribution in [1.29, 1.82) is 0 Å². The number of carbonyl (C=O) groups excluding carboxylic acids is 3. The molecule has 3 aromatic carbocycles. The maximum atomic E-state index is 14.4. The number of ether oxygens (including phenoxy) is 2. The number of methoxy groups -OCH3 is 1. The Morgan fingerprint density at radius 2 is 1.59 bits per heavy atom. The van der Waals surface area contributed by atoms with E-state index >= 15 is 0 Å². The fourth-order valence-corrected chi connectivity index (χ4v) is 7.14. The van der Waals surface area contributed by atoms with Crippen LogP contribution in [0.25, 0.3) is 0 Å². The summed E-state index contributed by atoms with van der Waals surface area (Å²) in [7, 11) is 1.62. The van der Waals surface area contributed by atoms with E-state index in [1.54, 1.807) is 35.1 Å². The molecule has 51 heavy (non-hydrogen) atoms. The first-order valence-electron chi connectivity index (χ1n) is 17.7. The summed E-state index contributed by atoms with van der Waals surface area (Å²) in [6.45, 7) is 10.5. The van der Waals surface area contributed by atoms with Gasteiger partial charge in [-0.2, -0.15) is 0 Å². The van der Waals surface area contributed by atoms with E-state index in [0.717, 1.165) is 30.0 Å². The fourth-order valence-electron chi connectivity index (χ4n) is 7.14. The number of hydrogen-bond donors (Lipinski definition) is 1. The number of nitrogens with zero attached hydrogens (tertiary/aromatic N) is 3. The Morgan fingerprint density at radius 3 is 2.27 bits per heavy atom. The molecule has 3 amide bonds. The normalized spacial score (nSPS) is 18.8. The molecule has 3 aromatic rings. The molecule has 0 unspecified atom stereocenters. The van der Waals surface area contributed by atoms with Crippen LogP contribution in [-0.4, -0.2) is 96.2 Å². The van der Waals surface area contributed by atoms with Gasteiger partial charge in [0.05, 0.1) is 12.6 Å². The molecule has 0 saturated carbocycles. The molecule has 0 aromatic heterocycles. The highest BCUT2D eigenvalue weighted by atomic mass is 19.1. The average molecular weight is 705 g/mol. The van der Waals surface area contributed by atoms with Gasteiger partial charge in [0.2, 0.25) is 0 Å². The quantitative estimate of drug-likeness (QED) is 0.249. The lowest BCUT2D eigenvalue weighted by Gasteiger charge is -2.43. The summed E-state index contributed by atoms with van der Waals surface area (Å²) in [6.07, 6.45) is 1.68. The molecule has 0 radical (unpaired) electrons. The van der Waals surface area contributed by atoms with E-state index in [4.69, 9.17) is 9.47 Å². The molecule has 0 spiro atoms. The summed E-state index contributed by atoms with van der Waals surface area (Å²) in [4.78, 5) is 46.9. The largest absolute Gasteiger partial charge is 0.444 e. The van der Waals surface area contributed by atoms with Crippen molar-refractivity contribution in [1.82, 2.24) is 20.0 Å². The molecule has 274 valence electrons. The predicted molar refractivity (Wildman–Crippen MR) is 191 cm³/mol. The highest BCUT2D eigenvalue weighted by molar-refractivity contribution is 6.00. The van der Waals surface area contributed by atoms with E-state index in [1.807, 2.05) is 45.9 Å². The second kappa shape index (κ2) is 16.8. The first-order valence-corrected chi connectivity index (χ1v) is 17.7. The second-order valence-corrected chi connectivity index (χ2v) is 14.8. The lowest BCUT2D eigenvalue weighted by molar-refractivity contribution is -0.00520. The van der Waals surface area contributed by atoms with Crippen LogP contribution in [0.3, 0.4) is 0 Å². The number of rotatable bonds is 11. The summed E-state index contributed by atoms with van der Waals surface area (Å²) in [5, 5.41) is 3.11. The molecule has 2 fully saturated rings. The zero-order valence-corrected chi connectivity index (χ0v) is 30.3. The van der Waals surface area contributed by atoms with Crippen LogP contribution in [0.1, 0.15) is 77.4 Å². The highest BCUT2D eigenvalue weighted by Gasteiger charge is 2.36. The molecule has 2 aliphatic rings. The van der Waals surface area contributed by atoms with Gasteiger partial charge in [-0.15, -0.1) is 0 Å². The van der Waals surface area contributed by atoms with Crippen LogP contribution in [0.15, 0.2) is 66.7 Å². The maximum Gasteiger partial charge on any atom is 0.410 e. The Labute approximate surface area is 299 Å². The highest BCUT2D eigenvalue weighted by Crippen LogP contribution is 2.24. The molecule has 5 rings (SSSR count). The average Bonchev–Trinajstić information content (AvgIpc) is 3.52. The topological polar surface area (TPSA) is 91.4 Å². The van der Waals surface area contributed by atoms with Gasteiger partial charge >= 0.3 is 6.09 Å². The monoisotopic (exact) mass is 704 g/mol. The van der Waals surface area contributed by atoms with Gasteiger partial charge in [0.1, 0.15) is 17.2 Å². The molecule has 2 aliphatic heterocycles. The summed E-state index contributed by atoms with van der Waals surface area (Å²) in [5.41, 5.74) is 2.25. The summed E-state index contributed by atoms with van der Waals surface area (Å²) in [6, 6.07) is 17.4. The van der Waals surface area contributed by atoms with Gasteiger partial charge in [0.25, 0.3) is 11.8 Å². The van der Waals surface area contributed by atoms with E-state index in [9.17, 15) is 23.2 Å². The van der Waals surface area contributed by atoms with Crippen molar-refractivity contribution in [3.8, 4) is 0 Å². The maximum absolute atomic E-state index is 14.4. The van der Waals surface area contributed by atoms with E-state index in [1.165, 1.54) is 12.1 Å². The van der Waals surface area contributed by atoms with Crippen LogP contribution in [0.5, 0.6) is 0 Å². The Balaban J connectivity index is 1.42. The van der Waals surface area contributed by atoms with Gasteiger partial charge in [-0.3, -0.25) is 14.5 Å². The smallest absolute Gasteiger partial charge is 0.410 e. The van der Waals surface area contributed by atoms with Crippen molar-refractivity contribution in [3.63, 3.8) is 0 Å². The molecular formula is C40H50F2N4O5. The molecule has 9 nitrogen and oxygen atoms in total. The number of hydrogen-bond acceptors (Lipinski definition) is 6. The van der Waals surface area contributed by atoms with Gasteiger partial charge in [-0.05, 0) is 100 Å². The minimum atomic E-state index is -0.715. The molecule has 0 bridgehead atoms. The Morgan fingerprint density at radius 1 is 0.882 bits per heavy atom. The second-order valence-electron chi connectivity index (χ2n) is 14.8. The van der Waals surface area contributed by atoms with Crippen molar-refractivity contribution >= 4 is 17.9 Å². The van der Waals surface area contributed by atoms with Crippen LogP contribution in [0.4, 0.5) is 13.6 Å². The van der Waals surface area contributed by atoms with Gasteiger partial charge < -0.3 is 24.6 Å². The number of aryl methyl sites for hydroxylation is 1. The van der Waals surface area contributed by atoms with E-state index < -0.39 is 35.3 Å². The number of halogens is 2. The van der Waals surface area contributed by atoms with Crippen molar-refractivity contribution in [2.24, 2.45) is 0 Å². The summed E-state index contributed by atoms with van der Waals surface area (Å²) in [5.74, 6) is -2.02. The van der Waals surface area contributed by atoms with Crippen molar-refractivity contribution in [2.45, 2.75) is 83.6 Å². The van der Waals surface area contributed by atoms with Crippen LogP contribution in [0, 0.1) is 18.6 Å². The van der Waals surface area contributed by atoms with Gasteiger partial charge in [0.15, 0.2) is 0 Å². The Hall–Kier alpha value is -4.35. The molecule has 3 atom stereocenters. The third kappa shape index (κ3) is 10.6. The zero-order chi connectivity index (χ0) is 36.7. The predicted octanol–water partition coefficient (Wildman–Crippen LogP) is 6.38. The van der Waals surface area contributed by atoms with E-state index in [-0.39, 0.29) is 24.4 Å². The fraction of sp³-hybridized carbons (Fsp3) is 0.475. The minimum Gasteiger partial charge on any atom is -0.444 e. The molecule has 2 saturated heterocycles. The third-order valence-electron chi connectivity index (χ3n) is 9.32. The van der Waals surface area contributed by atoms with Crippen molar-refractivity contribution < 1.29 is 32.6 Å². The number of amides is 3. The minimum absolute atomic E-state index is 0.0267. The van der Waals surface area contributed by atoms with E-state index in [0.29, 0.717) is 62.4 Å². The number of nitrogens with one attached hydrogen (secondary N) is 1. The van der Waals surface area contributed by atoms with Crippen LogP contribution in [-0.2, 0) is 22.4 Å².